The van der Waals surface area contributed by atoms with Crippen LogP contribution in [0, 0.1) is 25.2 Å². The molecule has 1 aromatic carbocycles. The van der Waals surface area contributed by atoms with Gasteiger partial charge in [-0.3, -0.25) is 0 Å². The lowest BCUT2D eigenvalue weighted by molar-refractivity contribution is 1.39. The predicted octanol–water partition coefficient (Wildman–Crippen LogP) is 3.30. The van der Waals surface area contributed by atoms with E-state index in [0.29, 0.717) is 5.56 Å². The summed E-state index contributed by atoms with van der Waals surface area (Å²) < 4.78 is 4.40. The minimum atomic E-state index is 0.684. The van der Waals surface area contributed by atoms with Crippen LogP contribution in [-0.2, 0) is 0 Å². The lowest BCUT2D eigenvalue weighted by Crippen LogP contribution is -1.82. The van der Waals surface area contributed by atoms with E-state index in [1.807, 2.05) is 24.3 Å². The number of benzene rings is 1. The lowest BCUT2D eigenvalue weighted by Gasteiger charge is -1.98. The first kappa shape index (κ1) is 9.88. The number of aromatic nitrogens is 1. The third-order valence-corrected chi connectivity index (χ3v) is 3.30. The Bertz CT molecular complexity index is 518. The fraction of sp³-hybridized carbons (Fsp3) is 0.167. The van der Waals surface area contributed by atoms with Gasteiger partial charge < -0.3 is 0 Å². The predicted molar refractivity (Wildman–Crippen MR) is 61.7 cm³/mol. The maximum Gasteiger partial charge on any atom is 0.0991 e. The summed E-state index contributed by atoms with van der Waals surface area (Å²) in [7, 11) is 0. The Hall–Kier alpha value is -1.66. The van der Waals surface area contributed by atoms with Crippen LogP contribution in [-0.4, -0.2) is 4.37 Å². The van der Waals surface area contributed by atoms with Gasteiger partial charge in [0, 0.05) is 10.4 Å². The highest BCUT2D eigenvalue weighted by molar-refractivity contribution is 7.06. The second-order valence-electron chi connectivity index (χ2n) is 3.40. The van der Waals surface area contributed by atoms with Gasteiger partial charge in [-0.05, 0) is 43.1 Å². The molecule has 0 saturated carbocycles. The molecule has 0 amide bonds. The number of hydrogen-bond donors (Lipinski definition) is 0. The van der Waals surface area contributed by atoms with Gasteiger partial charge in [-0.2, -0.15) is 9.64 Å². The van der Waals surface area contributed by atoms with Crippen molar-refractivity contribution in [3.8, 4) is 17.3 Å². The minimum absolute atomic E-state index is 0.684. The van der Waals surface area contributed by atoms with Crippen LogP contribution in [0.2, 0.25) is 0 Å². The van der Waals surface area contributed by atoms with E-state index in [-0.39, 0.29) is 0 Å². The van der Waals surface area contributed by atoms with Crippen LogP contribution < -0.4 is 0 Å². The van der Waals surface area contributed by atoms with Gasteiger partial charge in [-0.15, -0.1) is 0 Å². The van der Waals surface area contributed by atoms with Gasteiger partial charge >= 0.3 is 0 Å². The minimum Gasteiger partial charge on any atom is -0.192 e. The highest BCUT2D eigenvalue weighted by Crippen LogP contribution is 2.26. The molecule has 0 unspecified atom stereocenters. The van der Waals surface area contributed by atoms with E-state index >= 15 is 0 Å². The van der Waals surface area contributed by atoms with Crippen molar-refractivity contribution in [2.75, 3.05) is 0 Å². The third-order valence-electron chi connectivity index (χ3n) is 2.44. The molecule has 2 rings (SSSR count). The second kappa shape index (κ2) is 3.84. The average Bonchev–Trinajstić information content (AvgIpc) is 2.60. The van der Waals surface area contributed by atoms with E-state index in [4.69, 9.17) is 5.26 Å². The van der Waals surface area contributed by atoms with Crippen LogP contribution in [0.4, 0.5) is 0 Å². The van der Waals surface area contributed by atoms with Crippen molar-refractivity contribution in [1.82, 2.24) is 4.37 Å². The van der Waals surface area contributed by atoms with E-state index in [1.54, 1.807) is 0 Å². The summed E-state index contributed by atoms with van der Waals surface area (Å²) >= 11 is 1.52. The maximum absolute atomic E-state index is 8.69. The molecule has 0 aliphatic rings. The highest BCUT2D eigenvalue weighted by Gasteiger charge is 2.07. The quantitative estimate of drug-likeness (QED) is 0.730. The Labute approximate surface area is 93.0 Å². The van der Waals surface area contributed by atoms with Crippen molar-refractivity contribution in [1.29, 1.82) is 5.26 Å². The number of nitriles is 1. The first-order chi connectivity index (χ1) is 7.22. The maximum atomic E-state index is 8.69. The molecule has 0 N–H and O–H groups in total. The highest BCUT2D eigenvalue weighted by atomic mass is 32.1. The van der Waals surface area contributed by atoms with Crippen LogP contribution in [0.15, 0.2) is 24.3 Å². The van der Waals surface area contributed by atoms with Gasteiger partial charge in [0.1, 0.15) is 0 Å². The molecular weight excluding hydrogens is 204 g/mol. The topological polar surface area (TPSA) is 36.7 Å². The fourth-order valence-corrected chi connectivity index (χ4v) is 2.09. The first-order valence-electron chi connectivity index (χ1n) is 4.66. The largest absolute Gasteiger partial charge is 0.192 e. The number of rotatable bonds is 1. The Morgan fingerprint density at radius 2 is 1.87 bits per heavy atom. The zero-order chi connectivity index (χ0) is 10.8. The van der Waals surface area contributed by atoms with Crippen molar-refractivity contribution in [3.05, 3.63) is 40.3 Å². The Morgan fingerprint density at radius 1 is 1.20 bits per heavy atom. The summed E-state index contributed by atoms with van der Waals surface area (Å²) in [5.41, 5.74) is 4.02. The standard InChI is InChI=1S/C12H10N2S/c1-8-9(2)15-14-12(8)11-5-3-10(7-13)4-6-11/h3-6H,1-2H3. The van der Waals surface area contributed by atoms with Crippen molar-refractivity contribution in [2.24, 2.45) is 0 Å². The molecule has 0 bridgehead atoms. The van der Waals surface area contributed by atoms with Crippen molar-refractivity contribution in [2.45, 2.75) is 13.8 Å². The molecule has 0 saturated heterocycles. The van der Waals surface area contributed by atoms with Crippen LogP contribution >= 0.6 is 11.5 Å². The van der Waals surface area contributed by atoms with E-state index in [1.165, 1.54) is 22.0 Å². The van der Waals surface area contributed by atoms with Gasteiger partial charge in [0.05, 0.1) is 17.3 Å². The molecule has 1 aromatic heterocycles. The monoisotopic (exact) mass is 214 g/mol. The molecule has 0 radical (unpaired) electrons. The van der Waals surface area contributed by atoms with Crippen LogP contribution in [0.25, 0.3) is 11.3 Å². The molecule has 2 nitrogen and oxygen atoms in total. The van der Waals surface area contributed by atoms with Gasteiger partial charge in [-0.25, -0.2) is 0 Å². The lowest BCUT2D eigenvalue weighted by atomic mass is 10.1. The summed E-state index contributed by atoms with van der Waals surface area (Å²) in [5.74, 6) is 0. The number of aryl methyl sites for hydroxylation is 1. The molecule has 0 spiro atoms. The Morgan fingerprint density at radius 3 is 2.33 bits per heavy atom. The van der Waals surface area contributed by atoms with E-state index in [2.05, 4.69) is 24.3 Å². The number of nitrogens with zero attached hydrogens (tertiary/aromatic N) is 2. The summed E-state index contributed by atoms with van der Waals surface area (Å²) in [6, 6.07) is 9.64. The van der Waals surface area contributed by atoms with E-state index < -0.39 is 0 Å². The zero-order valence-electron chi connectivity index (χ0n) is 8.61. The molecule has 2 aromatic rings. The molecule has 0 aliphatic heterocycles. The van der Waals surface area contributed by atoms with Crippen LogP contribution in [0.3, 0.4) is 0 Å². The summed E-state index contributed by atoms with van der Waals surface area (Å²) in [6.45, 7) is 4.15. The molecule has 0 aliphatic carbocycles. The van der Waals surface area contributed by atoms with Gasteiger partial charge in [0.15, 0.2) is 0 Å². The molecule has 3 heteroatoms. The average molecular weight is 214 g/mol. The molecule has 0 fully saturated rings. The van der Waals surface area contributed by atoms with E-state index in [9.17, 15) is 0 Å². The summed E-state index contributed by atoms with van der Waals surface area (Å²) in [5, 5.41) is 8.69. The van der Waals surface area contributed by atoms with Crippen molar-refractivity contribution >= 4 is 11.5 Å². The third kappa shape index (κ3) is 1.77. The zero-order valence-corrected chi connectivity index (χ0v) is 9.43. The van der Waals surface area contributed by atoms with Gasteiger partial charge in [0.2, 0.25) is 0 Å². The molecule has 1 heterocycles. The van der Waals surface area contributed by atoms with Crippen LogP contribution in [0.5, 0.6) is 0 Å². The smallest absolute Gasteiger partial charge is 0.0991 e. The van der Waals surface area contributed by atoms with Gasteiger partial charge in [0.25, 0.3) is 0 Å². The van der Waals surface area contributed by atoms with Crippen molar-refractivity contribution < 1.29 is 0 Å². The number of hydrogen-bond acceptors (Lipinski definition) is 3. The molecular formula is C12H10N2S. The Kier molecular flexibility index (Phi) is 2.53. The second-order valence-corrected chi connectivity index (χ2v) is 4.38. The van der Waals surface area contributed by atoms with Gasteiger partial charge in [-0.1, -0.05) is 12.1 Å². The normalized spacial score (nSPS) is 9.93. The SMILES string of the molecule is Cc1snc(-c2ccc(C#N)cc2)c1C. The first-order valence-corrected chi connectivity index (χ1v) is 5.43. The van der Waals surface area contributed by atoms with E-state index in [0.717, 1.165) is 11.3 Å². The molecule has 0 atom stereocenters. The molecule has 74 valence electrons. The van der Waals surface area contributed by atoms with Crippen molar-refractivity contribution in [3.63, 3.8) is 0 Å². The summed E-state index contributed by atoms with van der Waals surface area (Å²) in [6.07, 6.45) is 0. The summed E-state index contributed by atoms with van der Waals surface area (Å²) in [4.78, 5) is 1.24. The fourth-order valence-electron chi connectivity index (χ4n) is 1.39. The molecule has 15 heavy (non-hydrogen) atoms. The van der Waals surface area contributed by atoms with Crippen LogP contribution in [0.1, 0.15) is 16.0 Å². The Balaban J connectivity index is 2.47.